The number of benzene rings is 1. The van der Waals surface area contributed by atoms with Gasteiger partial charge in [0.15, 0.2) is 5.82 Å². The quantitative estimate of drug-likeness (QED) is 0.685. The molecule has 19 heavy (non-hydrogen) atoms. The molecule has 108 valence electrons. The number of anilines is 3. The highest BCUT2D eigenvalue weighted by molar-refractivity contribution is 6.33. The van der Waals surface area contributed by atoms with Crippen molar-refractivity contribution in [2.75, 3.05) is 16.8 Å². The first-order valence-corrected chi connectivity index (χ1v) is 7.00. The first-order chi connectivity index (χ1) is 8.82. The first kappa shape index (κ1) is 15.9. The van der Waals surface area contributed by atoms with Crippen LogP contribution < -0.4 is 16.8 Å². The lowest BCUT2D eigenvalue weighted by Crippen LogP contribution is -2.17. The van der Waals surface area contributed by atoms with E-state index in [1.54, 1.807) is 0 Å². The summed E-state index contributed by atoms with van der Waals surface area (Å²) in [4.78, 5) is 0. The number of nitrogens with two attached hydrogens (primary N) is 2. The maximum absolute atomic E-state index is 14.0. The minimum Gasteiger partial charge on any atom is -0.397 e. The van der Waals surface area contributed by atoms with E-state index in [-0.39, 0.29) is 28.1 Å². The number of hydrogen-bond donors (Lipinski definition) is 3. The molecule has 0 aliphatic heterocycles. The highest BCUT2D eigenvalue weighted by Gasteiger charge is 2.15. The Morgan fingerprint density at radius 3 is 2.42 bits per heavy atom. The average molecular weight is 288 g/mol. The molecule has 0 aliphatic carbocycles. The summed E-state index contributed by atoms with van der Waals surface area (Å²) in [6.45, 7) is 6.38. The molecule has 1 rings (SSSR count). The van der Waals surface area contributed by atoms with Crippen molar-refractivity contribution < 1.29 is 4.39 Å². The number of rotatable bonds is 6. The van der Waals surface area contributed by atoms with E-state index in [4.69, 9.17) is 23.1 Å². The second-order valence-corrected chi connectivity index (χ2v) is 5.81. The van der Waals surface area contributed by atoms with Crippen LogP contribution in [-0.2, 0) is 0 Å². The molecule has 5 N–H and O–H groups in total. The third-order valence-electron chi connectivity index (χ3n) is 3.07. The molecule has 0 heterocycles. The van der Waals surface area contributed by atoms with Gasteiger partial charge in [-0.3, -0.25) is 0 Å². The predicted octanol–water partition coefficient (Wildman–Crippen LogP) is 4.27. The van der Waals surface area contributed by atoms with Gasteiger partial charge in [0.2, 0.25) is 0 Å². The predicted molar refractivity (Wildman–Crippen MR) is 82.0 cm³/mol. The van der Waals surface area contributed by atoms with E-state index in [9.17, 15) is 4.39 Å². The van der Waals surface area contributed by atoms with Gasteiger partial charge in [0.05, 0.1) is 17.1 Å². The lowest BCUT2D eigenvalue weighted by Gasteiger charge is -2.19. The Hall–Kier alpha value is -1.16. The minimum atomic E-state index is -0.574. The Kier molecular flexibility index (Phi) is 5.73. The van der Waals surface area contributed by atoms with Crippen LogP contribution in [0.15, 0.2) is 6.07 Å². The summed E-state index contributed by atoms with van der Waals surface area (Å²) >= 11 is 5.79. The SMILES string of the molecule is CC(C)CCCC(C)Nc1c(N)cc(N)c(Cl)c1F. The minimum absolute atomic E-state index is 0.0777. The molecule has 1 unspecified atom stereocenters. The molecule has 0 aliphatic rings. The Morgan fingerprint density at radius 2 is 1.84 bits per heavy atom. The van der Waals surface area contributed by atoms with Crippen LogP contribution in [0.3, 0.4) is 0 Å². The standard InChI is InChI=1S/C14H23ClFN3/c1-8(2)5-4-6-9(3)19-14-11(18)7-10(17)12(15)13(14)16/h7-9,19H,4-6,17-18H2,1-3H3. The Labute approximate surface area is 119 Å². The summed E-state index contributed by atoms with van der Waals surface area (Å²) in [5, 5.41) is 3.00. The van der Waals surface area contributed by atoms with Gasteiger partial charge in [0.1, 0.15) is 5.02 Å². The second-order valence-electron chi connectivity index (χ2n) is 5.43. The van der Waals surface area contributed by atoms with Crippen molar-refractivity contribution in [2.24, 2.45) is 5.92 Å². The fraction of sp³-hybridized carbons (Fsp3) is 0.571. The lowest BCUT2D eigenvalue weighted by molar-refractivity contribution is 0.519. The fourth-order valence-electron chi connectivity index (χ4n) is 1.96. The summed E-state index contributed by atoms with van der Waals surface area (Å²) in [5.74, 6) is 0.106. The zero-order valence-electron chi connectivity index (χ0n) is 11.8. The zero-order chi connectivity index (χ0) is 14.6. The van der Waals surface area contributed by atoms with Crippen molar-refractivity contribution >= 4 is 28.7 Å². The molecule has 0 fully saturated rings. The highest BCUT2D eigenvalue weighted by atomic mass is 35.5. The van der Waals surface area contributed by atoms with Gasteiger partial charge >= 0.3 is 0 Å². The molecular weight excluding hydrogens is 265 g/mol. The van der Waals surface area contributed by atoms with Crippen molar-refractivity contribution in [1.29, 1.82) is 0 Å². The van der Waals surface area contributed by atoms with Crippen molar-refractivity contribution in [3.63, 3.8) is 0 Å². The number of halogens is 2. The number of hydrogen-bond acceptors (Lipinski definition) is 3. The van der Waals surface area contributed by atoms with E-state index < -0.39 is 5.82 Å². The molecule has 0 saturated carbocycles. The molecule has 0 amide bonds. The van der Waals surface area contributed by atoms with Gasteiger partial charge < -0.3 is 16.8 Å². The average Bonchev–Trinajstić information content (AvgIpc) is 2.31. The molecule has 0 radical (unpaired) electrons. The van der Waals surface area contributed by atoms with E-state index in [0.717, 1.165) is 19.3 Å². The van der Waals surface area contributed by atoms with Crippen LogP contribution in [0.25, 0.3) is 0 Å². The highest BCUT2D eigenvalue weighted by Crippen LogP contribution is 2.34. The van der Waals surface area contributed by atoms with Crippen LogP contribution in [0.5, 0.6) is 0 Å². The molecule has 0 saturated heterocycles. The summed E-state index contributed by atoms with van der Waals surface area (Å²) in [7, 11) is 0. The van der Waals surface area contributed by atoms with Crippen molar-refractivity contribution in [2.45, 2.75) is 46.1 Å². The molecule has 5 heteroatoms. The van der Waals surface area contributed by atoms with Crippen LogP contribution in [0.1, 0.15) is 40.0 Å². The van der Waals surface area contributed by atoms with Gasteiger partial charge in [0.25, 0.3) is 0 Å². The van der Waals surface area contributed by atoms with Crippen LogP contribution in [0.4, 0.5) is 21.5 Å². The molecule has 1 aromatic rings. The van der Waals surface area contributed by atoms with E-state index >= 15 is 0 Å². The van der Waals surface area contributed by atoms with E-state index in [2.05, 4.69) is 19.2 Å². The lowest BCUT2D eigenvalue weighted by atomic mass is 10.0. The molecular formula is C14H23ClFN3. The second kappa shape index (κ2) is 6.85. The van der Waals surface area contributed by atoms with Crippen LogP contribution in [0, 0.1) is 11.7 Å². The maximum Gasteiger partial charge on any atom is 0.169 e. The topological polar surface area (TPSA) is 64.1 Å². The largest absolute Gasteiger partial charge is 0.397 e. The van der Waals surface area contributed by atoms with Gasteiger partial charge in [-0.1, -0.05) is 38.3 Å². The van der Waals surface area contributed by atoms with Crippen molar-refractivity contribution in [1.82, 2.24) is 0 Å². The summed E-state index contributed by atoms with van der Waals surface area (Å²) in [6.07, 6.45) is 3.21. The smallest absolute Gasteiger partial charge is 0.169 e. The fourth-order valence-corrected chi connectivity index (χ4v) is 2.11. The van der Waals surface area contributed by atoms with Crippen molar-refractivity contribution in [3.8, 4) is 0 Å². The van der Waals surface area contributed by atoms with E-state index in [0.29, 0.717) is 5.92 Å². The molecule has 1 aromatic carbocycles. The maximum atomic E-state index is 14.0. The summed E-state index contributed by atoms with van der Waals surface area (Å²) < 4.78 is 14.0. The van der Waals surface area contributed by atoms with Gasteiger partial charge in [0, 0.05) is 6.04 Å². The van der Waals surface area contributed by atoms with Gasteiger partial charge in [-0.15, -0.1) is 0 Å². The molecule has 0 aromatic heterocycles. The first-order valence-electron chi connectivity index (χ1n) is 6.62. The number of nitrogen functional groups attached to an aromatic ring is 2. The number of nitrogens with one attached hydrogen (secondary N) is 1. The molecule has 0 bridgehead atoms. The van der Waals surface area contributed by atoms with E-state index in [1.807, 2.05) is 6.92 Å². The Bertz CT molecular complexity index is 435. The Balaban J connectivity index is 2.69. The summed E-state index contributed by atoms with van der Waals surface area (Å²) in [5.41, 5.74) is 12.0. The van der Waals surface area contributed by atoms with Crippen LogP contribution in [-0.4, -0.2) is 6.04 Å². The molecule has 3 nitrogen and oxygen atoms in total. The van der Waals surface area contributed by atoms with Crippen LogP contribution in [0.2, 0.25) is 5.02 Å². The monoisotopic (exact) mass is 287 g/mol. The van der Waals surface area contributed by atoms with Gasteiger partial charge in [-0.05, 0) is 25.3 Å². The Morgan fingerprint density at radius 1 is 1.21 bits per heavy atom. The third-order valence-corrected chi connectivity index (χ3v) is 3.46. The van der Waals surface area contributed by atoms with Gasteiger partial charge in [-0.25, -0.2) is 4.39 Å². The normalized spacial score (nSPS) is 12.7. The van der Waals surface area contributed by atoms with E-state index in [1.165, 1.54) is 6.07 Å². The van der Waals surface area contributed by atoms with Crippen LogP contribution >= 0.6 is 11.6 Å². The third kappa shape index (κ3) is 4.46. The molecule has 1 atom stereocenters. The summed E-state index contributed by atoms with van der Waals surface area (Å²) in [6, 6.07) is 1.62. The zero-order valence-corrected chi connectivity index (χ0v) is 12.5. The van der Waals surface area contributed by atoms with Gasteiger partial charge in [-0.2, -0.15) is 0 Å². The molecule has 0 spiro atoms. The van der Waals surface area contributed by atoms with Crippen molar-refractivity contribution in [3.05, 3.63) is 16.9 Å².